The number of hydrogen-bond donors (Lipinski definition) is 1. The van der Waals surface area contributed by atoms with Gasteiger partial charge in [-0.05, 0) is 58.8 Å². The molecule has 2 N–H and O–H groups in total. The van der Waals surface area contributed by atoms with Crippen LogP contribution in [0.3, 0.4) is 0 Å². The zero-order chi connectivity index (χ0) is 15.2. The van der Waals surface area contributed by atoms with Gasteiger partial charge in [0.1, 0.15) is 0 Å². The van der Waals surface area contributed by atoms with E-state index < -0.39 is 10.0 Å². The molecular weight excluding hydrogens is 420 g/mol. The standard InChI is InChI=1S/C14H18Br2N2O2S/c15-10-4-5-14(12(16)6-10)21(19,20)18-7-9-2-1-3-13(17)11(9)8-18/h4-6,9,11,13H,1-3,7-8,17H2. The summed E-state index contributed by atoms with van der Waals surface area (Å²) in [6, 6.07) is 5.30. The minimum Gasteiger partial charge on any atom is -0.327 e. The molecule has 2 fully saturated rings. The molecule has 1 heterocycles. The van der Waals surface area contributed by atoms with Crippen LogP contribution in [0.5, 0.6) is 0 Å². The van der Waals surface area contributed by atoms with E-state index in [1.54, 1.807) is 22.5 Å². The van der Waals surface area contributed by atoms with E-state index in [1.165, 1.54) is 0 Å². The van der Waals surface area contributed by atoms with Crippen LogP contribution in [0.1, 0.15) is 19.3 Å². The van der Waals surface area contributed by atoms with Gasteiger partial charge in [0.2, 0.25) is 10.0 Å². The maximum Gasteiger partial charge on any atom is 0.244 e. The first-order valence-corrected chi connectivity index (χ1v) is 10.1. The molecule has 3 rings (SSSR count). The van der Waals surface area contributed by atoms with Crippen molar-refractivity contribution in [2.24, 2.45) is 17.6 Å². The Labute approximate surface area is 142 Å². The van der Waals surface area contributed by atoms with Crippen LogP contribution in [0.4, 0.5) is 0 Å². The maximum atomic E-state index is 12.9. The van der Waals surface area contributed by atoms with Crippen LogP contribution in [-0.4, -0.2) is 31.9 Å². The quantitative estimate of drug-likeness (QED) is 0.773. The van der Waals surface area contributed by atoms with Crippen LogP contribution in [0.15, 0.2) is 32.0 Å². The fourth-order valence-electron chi connectivity index (χ4n) is 3.50. The normalized spacial score (nSPS) is 30.3. The number of fused-ring (bicyclic) bond motifs is 1. The van der Waals surface area contributed by atoms with Crippen molar-refractivity contribution in [3.63, 3.8) is 0 Å². The summed E-state index contributed by atoms with van der Waals surface area (Å²) in [6.45, 7) is 1.15. The Hall–Kier alpha value is 0.0500. The van der Waals surface area contributed by atoms with Gasteiger partial charge in [0.25, 0.3) is 0 Å². The van der Waals surface area contributed by atoms with Gasteiger partial charge < -0.3 is 5.73 Å². The average molecular weight is 438 g/mol. The summed E-state index contributed by atoms with van der Waals surface area (Å²) in [5.74, 6) is 0.723. The lowest BCUT2D eigenvalue weighted by molar-refractivity contribution is 0.260. The number of halogens is 2. The number of benzene rings is 1. The number of rotatable bonds is 2. The lowest BCUT2D eigenvalue weighted by atomic mass is 9.78. The first-order chi connectivity index (χ1) is 9.89. The van der Waals surface area contributed by atoms with E-state index in [2.05, 4.69) is 31.9 Å². The van der Waals surface area contributed by atoms with Crippen molar-refractivity contribution in [3.8, 4) is 0 Å². The minimum atomic E-state index is -3.46. The molecule has 1 saturated heterocycles. The van der Waals surface area contributed by atoms with E-state index in [4.69, 9.17) is 5.73 Å². The summed E-state index contributed by atoms with van der Waals surface area (Å²) in [6.07, 6.45) is 3.21. The summed E-state index contributed by atoms with van der Waals surface area (Å²) >= 11 is 6.71. The predicted octanol–water partition coefficient (Wildman–Crippen LogP) is 2.96. The zero-order valence-electron chi connectivity index (χ0n) is 11.5. The van der Waals surface area contributed by atoms with Gasteiger partial charge >= 0.3 is 0 Å². The molecule has 21 heavy (non-hydrogen) atoms. The third-order valence-corrected chi connectivity index (χ3v) is 7.93. The van der Waals surface area contributed by atoms with Gasteiger partial charge in [0.15, 0.2) is 0 Å². The molecule has 1 saturated carbocycles. The van der Waals surface area contributed by atoms with Gasteiger partial charge in [-0.2, -0.15) is 4.31 Å². The SMILES string of the molecule is NC1CCCC2CN(S(=O)(=O)c3ccc(Br)cc3Br)CC12. The second-order valence-corrected chi connectivity index (χ2v) is 9.59. The van der Waals surface area contributed by atoms with E-state index in [1.807, 2.05) is 0 Å². The molecule has 0 spiro atoms. The van der Waals surface area contributed by atoms with Crippen LogP contribution in [0, 0.1) is 11.8 Å². The summed E-state index contributed by atoms with van der Waals surface area (Å²) in [7, 11) is -3.46. The third-order valence-electron chi connectivity index (χ3n) is 4.63. The van der Waals surface area contributed by atoms with Gasteiger partial charge in [-0.3, -0.25) is 0 Å². The third kappa shape index (κ3) is 2.95. The molecule has 1 aliphatic carbocycles. The topological polar surface area (TPSA) is 63.4 Å². The molecule has 116 valence electrons. The predicted molar refractivity (Wildman–Crippen MR) is 89.4 cm³/mol. The van der Waals surface area contributed by atoms with Crippen molar-refractivity contribution < 1.29 is 8.42 Å². The molecule has 7 heteroatoms. The molecule has 1 aromatic rings. The van der Waals surface area contributed by atoms with Crippen LogP contribution >= 0.6 is 31.9 Å². The second kappa shape index (κ2) is 5.92. The average Bonchev–Trinajstić information content (AvgIpc) is 2.84. The lowest BCUT2D eigenvalue weighted by Gasteiger charge is -2.29. The second-order valence-electron chi connectivity index (χ2n) is 5.92. The number of hydrogen-bond acceptors (Lipinski definition) is 3. The smallest absolute Gasteiger partial charge is 0.244 e. The van der Waals surface area contributed by atoms with Crippen molar-refractivity contribution in [2.45, 2.75) is 30.2 Å². The van der Waals surface area contributed by atoms with Crippen molar-refractivity contribution in [3.05, 3.63) is 27.1 Å². The number of sulfonamides is 1. The fourth-order valence-corrected chi connectivity index (χ4v) is 6.74. The number of nitrogens with two attached hydrogens (primary N) is 1. The molecule has 4 nitrogen and oxygen atoms in total. The van der Waals surface area contributed by atoms with Gasteiger partial charge in [0, 0.05) is 28.1 Å². The largest absolute Gasteiger partial charge is 0.327 e. The van der Waals surface area contributed by atoms with Crippen molar-refractivity contribution >= 4 is 41.9 Å². The molecule has 0 aromatic heterocycles. The van der Waals surface area contributed by atoms with Crippen LogP contribution < -0.4 is 5.73 Å². The van der Waals surface area contributed by atoms with Crippen LogP contribution in [0.25, 0.3) is 0 Å². The van der Waals surface area contributed by atoms with E-state index >= 15 is 0 Å². The van der Waals surface area contributed by atoms with E-state index in [-0.39, 0.29) is 6.04 Å². The molecule has 0 amide bonds. The highest BCUT2D eigenvalue weighted by molar-refractivity contribution is 9.11. The Kier molecular flexibility index (Phi) is 4.49. The molecule has 3 atom stereocenters. The van der Waals surface area contributed by atoms with E-state index in [0.717, 1.165) is 23.7 Å². The van der Waals surface area contributed by atoms with E-state index in [9.17, 15) is 8.42 Å². The van der Waals surface area contributed by atoms with Crippen molar-refractivity contribution in [2.75, 3.05) is 13.1 Å². The molecule has 1 aromatic carbocycles. The maximum absolute atomic E-state index is 12.9. The monoisotopic (exact) mass is 436 g/mol. The highest BCUT2D eigenvalue weighted by Gasteiger charge is 2.43. The van der Waals surface area contributed by atoms with Gasteiger partial charge in [0.05, 0.1) is 4.90 Å². The summed E-state index contributed by atoms with van der Waals surface area (Å²) in [4.78, 5) is 0.331. The van der Waals surface area contributed by atoms with Gasteiger partial charge in [-0.25, -0.2) is 8.42 Å². The molecule has 1 aliphatic heterocycles. The van der Waals surface area contributed by atoms with Crippen molar-refractivity contribution in [1.29, 1.82) is 0 Å². The zero-order valence-corrected chi connectivity index (χ0v) is 15.5. The van der Waals surface area contributed by atoms with Gasteiger partial charge in [-0.15, -0.1) is 0 Å². The molecular formula is C14H18Br2N2O2S. The first-order valence-electron chi connectivity index (χ1n) is 7.10. The lowest BCUT2D eigenvalue weighted by Crippen LogP contribution is -2.38. The Morgan fingerprint density at radius 3 is 2.62 bits per heavy atom. The fraction of sp³-hybridized carbons (Fsp3) is 0.571. The summed E-state index contributed by atoms with van der Waals surface area (Å²) in [5.41, 5.74) is 6.18. The summed E-state index contributed by atoms with van der Waals surface area (Å²) < 4.78 is 28.8. The summed E-state index contributed by atoms with van der Waals surface area (Å²) in [5, 5.41) is 0. The molecule has 0 radical (unpaired) electrons. The Morgan fingerprint density at radius 1 is 1.19 bits per heavy atom. The number of nitrogens with zero attached hydrogens (tertiary/aromatic N) is 1. The molecule has 0 bridgehead atoms. The first kappa shape index (κ1) is 15.9. The van der Waals surface area contributed by atoms with Crippen LogP contribution in [-0.2, 0) is 10.0 Å². The van der Waals surface area contributed by atoms with Gasteiger partial charge in [-0.1, -0.05) is 22.4 Å². The van der Waals surface area contributed by atoms with Crippen LogP contribution in [0.2, 0.25) is 0 Å². The molecule has 3 unspecified atom stereocenters. The molecule has 2 aliphatic rings. The Bertz CT molecular complexity index is 650. The Morgan fingerprint density at radius 2 is 1.95 bits per heavy atom. The highest BCUT2D eigenvalue weighted by atomic mass is 79.9. The Balaban J connectivity index is 1.89. The van der Waals surface area contributed by atoms with Crippen molar-refractivity contribution in [1.82, 2.24) is 4.31 Å². The van der Waals surface area contributed by atoms with E-state index in [0.29, 0.717) is 34.3 Å². The highest BCUT2D eigenvalue weighted by Crippen LogP contribution is 2.39. The minimum absolute atomic E-state index is 0.136.